The topological polar surface area (TPSA) is 29.9 Å². The molecule has 3 nitrogen and oxygen atoms in total. The third-order valence-corrected chi connectivity index (χ3v) is 3.72. The lowest BCUT2D eigenvalue weighted by atomic mass is 9.83. The van der Waals surface area contributed by atoms with E-state index in [1.54, 1.807) is 0 Å². The Balaban J connectivity index is 1.94. The SMILES string of the molecule is CCNC1CCC(C)(Cc2cnn(C)c2)C1. The lowest BCUT2D eigenvalue weighted by Crippen LogP contribution is -2.27. The molecule has 0 aliphatic heterocycles. The maximum atomic E-state index is 4.25. The summed E-state index contributed by atoms with van der Waals surface area (Å²) < 4.78 is 1.90. The van der Waals surface area contributed by atoms with E-state index < -0.39 is 0 Å². The minimum Gasteiger partial charge on any atom is -0.314 e. The van der Waals surface area contributed by atoms with Crippen LogP contribution in [0.3, 0.4) is 0 Å². The molecular weight excluding hydrogens is 198 g/mol. The molecule has 3 heteroatoms. The minimum absolute atomic E-state index is 0.468. The van der Waals surface area contributed by atoms with Crippen molar-refractivity contribution in [2.24, 2.45) is 12.5 Å². The van der Waals surface area contributed by atoms with E-state index in [2.05, 4.69) is 30.5 Å². The normalized spacial score (nSPS) is 29.8. The van der Waals surface area contributed by atoms with E-state index >= 15 is 0 Å². The van der Waals surface area contributed by atoms with Crippen LogP contribution in [0.2, 0.25) is 0 Å². The van der Waals surface area contributed by atoms with Gasteiger partial charge in [0.05, 0.1) is 6.20 Å². The van der Waals surface area contributed by atoms with Crippen LogP contribution in [0.5, 0.6) is 0 Å². The zero-order valence-electron chi connectivity index (χ0n) is 10.7. The predicted octanol–water partition coefficient (Wildman–Crippen LogP) is 2.13. The Hall–Kier alpha value is -0.830. The largest absolute Gasteiger partial charge is 0.314 e. The van der Waals surface area contributed by atoms with Crippen LogP contribution in [0.4, 0.5) is 0 Å². The van der Waals surface area contributed by atoms with Crippen molar-refractivity contribution in [2.45, 2.75) is 45.6 Å². The van der Waals surface area contributed by atoms with Gasteiger partial charge in [0.2, 0.25) is 0 Å². The number of hydrogen-bond acceptors (Lipinski definition) is 2. The molecule has 0 aromatic carbocycles. The molecule has 1 aromatic heterocycles. The van der Waals surface area contributed by atoms with Crippen LogP contribution in [0, 0.1) is 5.41 Å². The number of rotatable bonds is 4. The van der Waals surface area contributed by atoms with Crippen LogP contribution in [-0.4, -0.2) is 22.4 Å². The molecule has 0 radical (unpaired) electrons. The molecule has 0 bridgehead atoms. The minimum atomic E-state index is 0.468. The average Bonchev–Trinajstić information content (AvgIpc) is 2.75. The standard InChI is InChI=1S/C13H23N3/c1-4-14-12-5-6-13(2,8-12)7-11-9-15-16(3)10-11/h9-10,12,14H,4-8H2,1-3H3. The third-order valence-electron chi connectivity index (χ3n) is 3.72. The highest BCUT2D eigenvalue weighted by molar-refractivity contribution is 5.08. The van der Waals surface area contributed by atoms with E-state index in [0.29, 0.717) is 5.41 Å². The highest BCUT2D eigenvalue weighted by Crippen LogP contribution is 2.40. The number of nitrogens with one attached hydrogen (secondary N) is 1. The van der Waals surface area contributed by atoms with Gasteiger partial charge < -0.3 is 5.32 Å². The van der Waals surface area contributed by atoms with Gasteiger partial charge in [-0.3, -0.25) is 4.68 Å². The van der Waals surface area contributed by atoms with Gasteiger partial charge in [0.1, 0.15) is 0 Å². The van der Waals surface area contributed by atoms with E-state index in [4.69, 9.17) is 0 Å². The van der Waals surface area contributed by atoms with Crippen LogP contribution in [0.1, 0.15) is 38.7 Å². The van der Waals surface area contributed by atoms with Crippen LogP contribution in [0.25, 0.3) is 0 Å². The van der Waals surface area contributed by atoms with E-state index in [0.717, 1.165) is 12.6 Å². The van der Waals surface area contributed by atoms with Crippen molar-refractivity contribution in [3.05, 3.63) is 18.0 Å². The first kappa shape index (κ1) is 11.6. The number of aromatic nitrogens is 2. The Morgan fingerprint density at radius 2 is 2.44 bits per heavy atom. The van der Waals surface area contributed by atoms with Crippen LogP contribution in [0.15, 0.2) is 12.4 Å². The second-order valence-electron chi connectivity index (χ2n) is 5.51. The molecule has 1 aromatic rings. The molecule has 1 saturated carbocycles. The Bertz CT molecular complexity index is 345. The molecule has 1 heterocycles. The summed E-state index contributed by atoms with van der Waals surface area (Å²) in [6.07, 6.45) is 9.28. The first-order valence-corrected chi connectivity index (χ1v) is 6.32. The summed E-state index contributed by atoms with van der Waals surface area (Å²) in [5.74, 6) is 0. The second kappa shape index (κ2) is 4.58. The van der Waals surface area contributed by atoms with Gasteiger partial charge in [-0.25, -0.2) is 0 Å². The lowest BCUT2D eigenvalue weighted by Gasteiger charge is -2.23. The summed E-state index contributed by atoms with van der Waals surface area (Å²) in [6.45, 7) is 5.70. The van der Waals surface area contributed by atoms with Crippen molar-refractivity contribution >= 4 is 0 Å². The summed E-state index contributed by atoms with van der Waals surface area (Å²) in [4.78, 5) is 0. The molecule has 2 atom stereocenters. The molecule has 1 N–H and O–H groups in total. The fraction of sp³-hybridized carbons (Fsp3) is 0.769. The van der Waals surface area contributed by atoms with Crippen LogP contribution < -0.4 is 5.32 Å². The maximum Gasteiger partial charge on any atom is 0.0521 e. The van der Waals surface area contributed by atoms with E-state index in [-0.39, 0.29) is 0 Å². The van der Waals surface area contributed by atoms with Crippen LogP contribution >= 0.6 is 0 Å². The van der Waals surface area contributed by atoms with Gasteiger partial charge in [-0.2, -0.15) is 5.10 Å². The quantitative estimate of drug-likeness (QED) is 0.844. The summed E-state index contributed by atoms with van der Waals surface area (Å²) in [5.41, 5.74) is 1.85. The lowest BCUT2D eigenvalue weighted by molar-refractivity contribution is 0.322. The van der Waals surface area contributed by atoms with Crippen molar-refractivity contribution < 1.29 is 0 Å². The average molecular weight is 221 g/mol. The molecule has 0 saturated heterocycles. The number of aryl methyl sites for hydroxylation is 1. The molecular formula is C13H23N3. The Kier molecular flexibility index (Phi) is 3.33. The van der Waals surface area contributed by atoms with Gasteiger partial charge in [0, 0.05) is 19.3 Å². The summed E-state index contributed by atoms with van der Waals surface area (Å²) in [6, 6.07) is 0.728. The van der Waals surface area contributed by atoms with Gasteiger partial charge in [-0.15, -0.1) is 0 Å². The molecule has 1 aliphatic carbocycles. The Labute approximate surface area is 98.2 Å². The molecule has 0 amide bonds. The van der Waals surface area contributed by atoms with Gasteiger partial charge in [0.15, 0.2) is 0 Å². The van der Waals surface area contributed by atoms with Crippen molar-refractivity contribution in [1.29, 1.82) is 0 Å². The maximum absolute atomic E-state index is 4.25. The zero-order valence-corrected chi connectivity index (χ0v) is 10.7. The van der Waals surface area contributed by atoms with Crippen molar-refractivity contribution in [1.82, 2.24) is 15.1 Å². The summed E-state index contributed by atoms with van der Waals surface area (Å²) in [7, 11) is 1.99. The first-order valence-electron chi connectivity index (χ1n) is 6.32. The van der Waals surface area contributed by atoms with Gasteiger partial charge in [-0.05, 0) is 43.2 Å². The predicted molar refractivity (Wildman–Crippen MR) is 66.3 cm³/mol. The van der Waals surface area contributed by atoms with E-state index in [1.165, 1.54) is 31.2 Å². The van der Waals surface area contributed by atoms with Crippen molar-refractivity contribution in [3.8, 4) is 0 Å². The molecule has 0 spiro atoms. The fourth-order valence-corrected chi connectivity index (χ4v) is 3.00. The monoisotopic (exact) mass is 221 g/mol. The molecule has 1 fully saturated rings. The molecule has 90 valence electrons. The second-order valence-corrected chi connectivity index (χ2v) is 5.51. The van der Waals surface area contributed by atoms with Gasteiger partial charge in [-0.1, -0.05) is 13.8 Å². The summed E-state index contributed by atoms with van der Waals surface area (Å²) >= 11 is 0. The molecule has 2 rings (SSSR count). The fourth-order valence-electron chi connectivity index (χ4n) is 3.00. The summed E-state index contributed by atoms with van der Waals surface area (Å²) in [5, 5.41) is 7.82. The molecule has 1 aliphatic rings. The van der Waals surface area contributed by atoms with Crippen molar-refractivity contribution in [2.75, 3.05) is 6.54 Å². The highest BCUT2D eigenvalue weighted by atomic mass is 15.2. The number of hydrogen-bond donors (Lipinski definition) is 1. The van der Waals surface area contributed by atoms with Gasteiger partial charge >= 0.3 is 0 Å². The van der Waals surface area contributed by atoms with E-state index in [1.807, 2.05) is 17.9 Å². The Morgan fingerprint density at radius 1 is 1.62 bits per heavy atom. The molecule has 2 unspecified atom stereocenters. The number of nitrogens with zero attached hydrogens (tertiary/aromatic N) is 2. The zero-order chi connectivity index (χ0) is 11.6. The van der Waals surface area contributed by atoms with E-state index in [9.17, 15) is 0 Å². The molecule has 16 heavy (non-hydrogen) atoms. The smallest absolute Gasteiger partial charge is 0.0521 e. The van der Waals surface area contributed by atoms with Crippen LogP contribution in [-0.2, 0) is 13.5 Å². The van der Waals surface area contributed by atoms with Crippen molar-refractivity contribution in [3.63, 3.8) is 0 Å². The Morgan fingerprint density at radius 3 is 3.06 bits per heavy atom. The van der Waals surface area contributed by atoms with Gasteiger partial charge in [0.25, 0.3) is 0 Å². The highest BCUT2D eigenvalue weighted by Gasteiger charge is 2.34. The first-order chi connectivity index (χ1) is 7.61. The third kappa shape index (κ3) is 2.64.